The van der Waals surface area contributed by atoms with E-state index in [1.54, 1.807) is 0 Å². The summed E-state index contributed by atoms with van der Waals surface area (Å²) < 4.78 is 31.3. The molecular formula is C14H10N4O5S. The second-order valence-corrected chi connectivity index (χ2v) is 6.54. The highest BCUT2D eigenvalue weighted by Crippen LogP contribution is 2.29. The molecule has 24 heavy (non-hydrogen) atoms. The minimum atomic E-state index is -3.87. The third-order valence-corrected chi connectivity index (χ3v) is 4.94. The van der Waals surface area contributed by atoms with Crippen LogP contribution in [-0.2, 0) is 14.8 Å². The summed E-state index contributed by atoms with van der Waals surface area (Å²) in [6.45, 7) is 0. The van der Waals surface area contributed by atoms with Gasteiger partial charge in [-0.05, 0) is 18.2 Å². The van der Waals surface area contributed by atoms with E-state index in [0.29, 0.717) is 0 Å². The molecule has 1 amide bonds. The van der Waals surface area contributed by atoms with Gasteiger partial charge in [0.2, 0.25) is 0 Å². The van der Waals surface area contributed by atoms with E-state index in [1.165, 1.54) is 29.0 Å². The first-order valence-corrected chi connectivity index (χ1v) is 7.99. The lowest BCUT2D eigenvalue weighted by atomic mass is 10.2. The lowest BCUT2D eigenvalue weighted by Gasteiger charge is -2.09. The molecule has 1 aliphatic rings. The van der Waals surface area contributed by atoms with Crippen LogP contribution in [0.1, 0.15) is 26.4 Å². The van der Waals surface area contributed by atoms with Crippen LogP contribution < -0.4 is 10.5 Å². The number of hydrogen-bond acceptors (Lipinski definition) is 7. The van der Waals surface area contributed by atoms with Crippen molar-refractivity contribution in [2.45, 2.75) is 4.90 Å². The van der Waals surface area contributed by atoms with E-state index in [2.05, 4.69) is 4.74 Å². The van der Waals surface area contributed by atoms with Crippen LogP contribution in [0, 0.1) is 11.3 Å². The first kappa shape index (κ1) is 15.6. The first-order valence-electron chi connectivity index (χ1n) is 6.51. The summed E-state index contributed by atoms with van der Waals surface area (Å²) in [5.41, 5.74) is 5.91. The Balaban J connectivity index is 2.26. The maximum Gasteiger partial charge on any atom is 0.357 e. The summed E-state index contributed by atoms with van der Waals surface area (Å²) in [4.78, 5) is 23.6. The molecule has 0 aliphatic carbocycles. The van der Waals surface area contributed by atoms with Crippen molar-refractivity contribution in [1.82, 2.24) is 9.29 Å². The van der Waals surface area contributed by atoms with E-state index < -0.39 is 21.9 Å². The molecule has 10 heteroatoms. The molecule has 0 atom stereocenters. The normalized spacial score (nSPS) is 14.6. The van der Waals surface area contributed by atoms with Gasteiger partial charge in [0.25, 0.3) is 15.9 Å². The number of amides is 1. The Morgan fingerprint density at radius 1 is 1.42 bits per heavy atom. The summed E-state index contributed by atoms with van der Waals surface area (Å²) in [5.74, 6) is -1.54. The summed E-state index contributed by atoms with van der Waals surface area (Å²) in [5, 5.41) is 9.08. The van der Waals surface area contributed by atoms with Crippen LogP contribution in [0.4, 0.5) is 5.69 Å². The standard InChI is InChI=1S/C14H10N4O5S/c1-23-14(20)12-11(16)7(5-15)6-18(12)8-2-3-10-9(4-8)13(19)17-24(10,21)22/h2-4,6H,16H2,1H3,(H,17,19). The molecule has 2 aromatic rings. The highest BCUT2D eigenvalue weighted by atomic mass is 32.2. The van der Waals surface area contributed by atoms with E-state index in [1.807, 2.05) is 10.8 Å². The molecule has 0 unspecified atom stereocenters. The van der Waals surface area contributed by atoms with Gasteiger partial charge >= 0.3 is 5.97 Å². The minimum absolute atomic E-state index is 0.0490. The van der Waals surface area contributed by atoms with Crippen molar-refractivity contribution in [1.29, 1.82) is 5.26 Å². The fourth-order valence-electron chi connectivity index (χ4n) is 2.43. The molecule has 0 saturated carbocycles. The van der Waals surface area contributed by atoms with Crippen LogP contribution in [0.25, 0.3) is 5.69 Å². The molecule has 3 N–H and O–H groups in total. The molecule has 2 heterocycles. The van der Waals surface area contributed by atoms with Crippen molar-refractivity contribution in [2.75, 3.05) is 12.8 Å². The van der Waals surface area contributed by atoms with Crippen LogP contribution in [-0.4, -0.2) is 32.0 Å². The third kappa shape index (κ3) is 2.10. The molecule has 0 radical (unpaired) electrons. The lowest BCUT2D eigenvalue weighted by molar-refractivity contribution is 0.0593. The van der Waals surface area contributed by atoms with Crippen molar-refractivity contribution in [3.8, 4) is 11.8 Å². The number of esters is 1. The SMILES string of the molecule is COC(=O)c1c(N)c(C#N)cn1-c1ccc2c(c1)C(=O)NS2(=O)=O. The highest BCUT2D eigenvalue weighted by molar-refractivity contribution is 7.90. The molecule has 0 bridgehead atoms. The van der Waals surface area contributed by atoms with E-state index in [9.17, 15) is 18.0 Å². The number of benzene rings is 1. The van der Waals surface area contributed by atoms with E-state index >= 15 is 0 Å². The topological polar surface area (TPSA) is 144 Å². The molecule has 0 spiro atoms. The number of anilines is 1. The smallest absolute Gasteiger partial charge is 0.357 e. The molecule has 1 aromatic carbocycles. The average Bonchev–Trinajstić information content (AvgIpc) is 3.00. The van der Waals surface area contributed by atoms with E-state index in [4.69, 9.17) is 11.0 Å². The van der Waals surface area contributed by atoms with Gasteiger partial charge in [-0.15, -0.1) is 0 Å². The Bertz CT molecular complexity index is 1050. The predicted octanol–water partition coefficient (Wildman–Crippen LogP) is 0.150. The van der Waals surface area contributed by atoms with Gasteiger partial charge in [0.1, 0.15) is 11.0 Å². The number of carbonyl (C=O) groups is 2. The van der Waals surface area contributed by atoms with Gasteiger partial charge in [-0.1, -0.05) is 0 Å². The quantitative estimate of drug-likeness (QED) is 0.736. The Labute approximate surface area is 136 Å². The Morgan fingerprint density at radius 3 is 2.75 bits per heavy atom. The van der Waals surface area contributed by atoms with Crippen LogP contribution >= 0.6 is 0 Å². The largest absolute Gasteiger partial charge is 0.464 e. The van der Waals surface area contributed by atoms with Crippen LogP contribution in [0.15, 0.2) is 29.3 Å². The van der Waals surface area contributed by atoms with Gasteiger partial charge in [0.15, 0.2) is 5.69 Å². The summed E-state index contributed by atoms with van der Waals surface area (Å²) >= 11 is 0. The minimum Gasteiger partial charge on any atom is -0.464 e. The Hall–Kier alpha value is -3.32. The predicted molar refractivity (Wildman–Crippen MR) is 80.9 cm³/mol. The van der Waals surface area contributed by atoms with Crippen LogP contribution in [0.2, 0.25) is 0 Å². The van der Waals surface area contributed by atoms with Crippen molar-refractivity contribution >= 4 is 27.6 Å². The number of nitrogens with two attached hydrogens (primary N) is 1. The van der Waals surface area contributed by atoms with Crippen molar-refractivity contribution in [3.05, 3.63) is 41.2 Å². The van der Waals surface area contributed by atoms with Gasteiger partial charge in [0, 0.05) is 11.9 Å². The number of nitrogens with zero attached hydrogens (tertiary/aromatic N) is 2. The van der Waals surface area contributed by atoms with Gasteiger partial charge in [-0.3, -0.25) is 4.79 Å². The molecule has 0 saturated heterocycles. The molecule has 1 aromatic heterocycles. The lowest BCUT2D eigenvalue weighted by Crippen LogP contribution is -2.20. The fourth-order valence-corrected chi connectivity index (χ4v) is 3.58. The number of rotatable bonds is 2. The van der Waals surface area contributed by atoms with E-state index in [-0.39, 0.29) is 33.1 Å². The number of sulfonamides is 1. The van der Waals surface area contributed by atoms with Crippen molar-refractivity contribution in [2.24, 2.45) is 0 Å². The number of nitrogen functional groups attached to an aromatic ring is 1. The molecule has 9 nitrogen and oxygen atoms in total. The van der Waals surface area contributed by atoms with Gasteiger partial charge in [0.05, 0.1) is 23.9 Å². The van der Waals surface area contributed by atoms with Gasteiger partial charge in [-0.25, -0.2) is 17.9 Å². The second-order valence-electron chi connectivity index (χ2n) is 4.89. The summed E-state index contributed by atoms with van der Waals surface area (Å²) in [6, 6.07) is 5.77. The Morgan fingerprint density at radius 2 is 2.12 bits per heavy atom. The van der Waals surface area contributed by atoms with Gasteiger partial charge in [-0.2, -0.15) is 5.26 Å². The number of methoxy groups -OCH3 is 1. The fraction of sp³-hybridized carbons (Fsp3) is 0.0714. The molecule has 0 fully saturated rings. The molecule has 122 valence electrons. The molecular weight excluding hydrogens is 336 g/mol. The number of nitriles is 1. The third-order valence-electron chi connectivity index (χ3n) is 3.55. The number of carbonyl (C=O) groups excluding carboxylic acids is 2. The van der Waals surface area contributed by atoms with Gasteiger partial charge < -0.3 is 15.0 Å². The zero-order valence-corrected chi connectivity index (χ0v) is 13.0. The average molecular weight is 346 g/mol. The zero-order valence-electron chi connectivity index (χ0n) is 12.2. The van der Waals surface area contributed by atoms with Crippen molar-refractivity contribution < 1.29 is 22.7 Å². The number of aromatic nitrogens is 1. The maximum atomic E-state index is 12.0. The van der Waals surface area contributed by atoms with Crippen LogP contribution in [0.5, 0.6) is 0 Å². The monoisotopic (exact) mass is 346 g/mol. The highest BCUT2D eigenvalue weighted by Gasteiger charge is 2.33. The Kier molecular flexibility index (Phi) is 3.31. The number of hydrogen-bond donors (Lipinski definition) is 2. The summed E-state index contributed by atoms with van der Waals surface area (Å²) in [7, 11) is -2.71. The first-order chi connectivity index (χ1) is 11.3. The number of fused-ring (bicyclic) bond motifs is 1. The molecule has 3 rings (SSSR count). The number of nitrogens with one attached hydrogen (secondary N) is 1. The number of ether oxygens (including phenoxy) is 1. The zero-order chi connectivity index (χ0) is 17.6. The molecule has 1 aliphatic heterocycles. The van der Waals surface area contributed by atoms with Crippen molar-refractivity contribution in [3.63, 3.8) is 0 Å². The van der Waals surface area contributed by atoms with Crippen LogP contribution in [0.3, 0.4) is 0 Å². The summed E-state index contributed by atoms with van der Waals surface area (Å²) in [6.07, 6.45) is 1.31. The van der Waals surface area contributed by atoms with E-state index in [0.717, 1.165) is 7.11 Å². The maximum absolute atomic E-state index is 12.0. The second kappa shape index (κ2) is 5.10.